The van der Waals surface area contributed by atoms with E-state index >= 15 is 0 Å². The van der Waals surface area contributed by atoms with Gasteiger partial charge >= 0.3 is 16.4 Å². The second kappa shape index (κ2) is 6.18. The molecule has 0 aromatic rings. The van der Waals surface area contributed by atoms with Crippen molar-refractivity contribution in [1.82, 2.24) is 20.4 Å². The van der Waals surface area contributed by atoms with Gasteiger partial charge in [0, 0.05) is 19.5 Å². The third-order valence-electron chi connectivity index (χ3n) is 4.37. The van der Waals surface area contributed by atoms with Gasteiger partial charge in [-0.25, -0.2) is 4.79 Å². The van der Waals surface area contributed by atoms with Gasteiger partial charge in [-0.1, -0.05) is 0 Å². The van der Waals surface area contributed by atoms with E-state index in [1.165, 1.54) is 9.91 Å². The van der Waals surface area contributed by atoms with Gasteiger partial charge in [0.05, 0.1) is 6.04 Å². The molecule has 2 N–H and O–H groups in total. The average Bonchev–Trinajstić information content (AvgIpc) is 2.73. The Hall–Kier alpha value is -1.92. The van der Waals surface area contributed by atoms with E-state index in [4.69, 9.17) is 4.55 Å². The van der Waals surface area contributed by atoms with Gasteiger partial charge in [-0.15, -0.1) is 4.28 Å². The predicted octanol–water partition coefficient (Wildman–Crippen LogP) is -0.967. The number of urea groups is 1. The highest BCUT2D eigenvalue weighted by Gasteiger charge is 2.49. The van der Waals surface area contributed by atoms with Gasteiger partial charge < -0.3 is 4.90 Å². The molecule has 2 bridgehead atoms. The largest absolute Gasteiger partial charge is 0.418 e. The molecule has 134 valence electrons. The number of amides is 4. The summed E-state index contributed by atoms with van der Waals surface area (Å²) in [5, 5.41) is 1.83. The van der Waals surface area contributed by atoms with Crippen molar-refractivity contribution in [3.63, 3.8) is 0 Å². The van der Waals surface area contributed by atoms with Crippen LogP contribution in [0.15, 0.2) is 0 Å². The first kappa shape index (κ1) is 16.9. The summed E-state index contributed by atoms with van der Waals surface area (Å²) >= 11 is 0. The lowest BCUT2D eigenvalue weighted by molar-refractivity contribution is -0.145. The van der Waals surface area contributed by atoms with Gasteiger partial charge in [0.25, 0.3) is 5.91 Å². The molecule has 12 heteroatoms. The van der Waals surface area contributed by atoms with E-state index in [0.29, 0.717) is 30.9 Å². The number of rotatable bonds is 4. The summed E-state index contributed by atoms with van der Waals surface area (Å²) in [6.07, 6.45) is 2.57. The van der Waals surface area contributed by atoms with Crippen molar-refractivity contribution in [2.75, 3.05) is 13.1 Å². The highest BCUT2D eigenvalue weighted by Crippen LogP contribution is 2.30. The van der Waals surface area contributed by atoms with E-state index in [1.54, 1.807) is 0 Å². The second-order valence-corrected chi connectivity index (χ2v) is 6.99. The quantitative estimate of drug-likeness (QED) is 0.614. The number of hydrogen-bond donors (Lipinski definition) is 2. The van der Waals surface area contributed by atoms with Crippen LogP contribution in [-0.4, -0.2) is 71.0 Å². The number of carbonyl (C=O) groups excluding carboxylic acids is 3. The number of hydroxylamine groups is 2. The van der Waals surface area contributed by atoms with Crippen molar-refractivity contribution >= 4 is 28.2 Å². The average molecular weight is 362 g/mol. The van der Waals surface area contributed by atoms with Crippen LogP contribution in [0.25, 0.3) is 0 Å². The van der Waals surface area contributed by atoms with E-state index in [9.17, 15) is 22.8 Å². The highest BCUT2D eigenvalue weighted by molar-refractivity contribution is 7.80. The molecule has 0 aliphatic carbocycles. The van der Waals surface area contributed by atoms with Crippen LogP contribution in [0.1, 0.15) is 32.1 Å². The molecule has 3 aliphatic heterocycles. The van der Waals surface area contributed by atoms with Crippen molar-refractivity contribution in [3.8, 4) is 0 Å². The van der Waals surface area contributed by atoms with Crippen LogP contribution in [0.5, 0.6) is 0 Å². The molecule has 3 rings (SSSR count). The molecule has 0 aromatic carbocycles. The van der Waals surface area contributed by atoms with Crippen molar-refractivity contribution in [2.24, 2.45) is 0 Å². The van der Waals surface area contributed by atoms with Crippen LogP contribution in [-0.2, 0) is 24.3 Å². The Kier molecular flexibility index (Phi) is 4.36. The fourth-order valence-corrected chi connectivity index (χ4v) is 3.62. The zero-order valence-electron chi connectivity index (χ0n) is 12.8. The Morgan fingerprint density at radius 1 is 1.25 bits per heavy atom. The Morgan fingerprint density at radius 2 is 2.00 bits per heavy atom. The first-order chi connectivity index (χ1) is 11.3. The first-order valence-electron chi connectivity index (χ1n) is 7.64. The summed E-state index contributed by atoms with van der Waals surface area (Å²) in [6.45, 7) is 0.534. The van der Waals surface area contributed by atoms with E-state index in [-0.39, 0.29) is 12.5 Å². The molecule has 0 unspecified atom stereocenters. The zero-order chi connectivity index (χ0) is 17.5. The monoisotopic (exact) mass is 362 g/mol. The molecule has 0 saturated carbocycles. The van der Waals surface area contributed by atoms with Gasteiger partial charge in [-0.2, -0.15) is 13.5 Å². The van der Waals surface area contributed by atoms with E-state index in [1.807, 2.05) is 0 Å². The van der Waals surface area contributed by atoms with Crippen LogP contribution >= 0.6 is 0 Å². The van der Waals surface area contributed by atoms with Crippen molar-refractivity contribution in [2.45, 2.75) is 44.2 Å². The third kappa shape index (κ3) is 3.30. The molecule has 3 fully saturated rings. The van der Waals surface area contributed by atoms with Gasteiger partial charge in [-0.05, 0) is 25.7 Å². The maximum Gasteiger partial charge on any atom is 0.418 e. The standard InChI is InChI=1S/C12H18N4O7S/c17-10-3-1-2-6-15(10)13-11(18)9-5-4-8-7-14(9)12(19)16(8)23-24(20,21)22/h8-9H,1-7H2,(H,13,18)(H,20,21,22)/t8-,9+/m1/s1. The Bertz CT molecular complexity index is 666. The number of fused-ring (bicyclic) bond motifs is 2. The Morgan fingerprint density at radius 3 is 2.67 bits per heavy atom. The lowest BCUT2D eigenvalue weighted by atomic mass is 10.0. The lowest BCUT2D eigenvalue weighted by Gasteiger charge is -2.33. The minimum absolute atomic E-state index is 0.111. The summed E-state index contributed by atoms with van der Waals surface area (Å²) in [5.41, 5.74) is 2.53. The van der Waals surface area contributed by atoms with Crippen molar-refractivity contribution < 1.29 is 31.6 Å². The molecule has 2 atom stereocenters. The van der Waals surface area contributed by atoms with E-state index in [2.05, 4.69) is 9.71 Å². The summed E-state index contributed by atoms with van der Waals surface area (Å²) in [7, 11) is -4.82. The normalized spacial score (nSPS) is 27.6. The van der Waals surface area contributed by atoms with E-state index < -0.39 is 34.4 Å². The molecular formula is C12H18N4O7S. The van der Waals surface area contributed by atoms with Crippen molar-refractivity contribution in [3.05, 3.63) is 0 Å². The number of carbonyl (C=O) groups is 3. The molecule has 3 heterocycles. The molecule has 11 nitrogen and oxygen atoms in total. The fraction of sp³-hybridized carbons (Fsp3) is 0.750. The fourth-order valence-electron chi connectivity index (χ4n) is 3.24. The zero-order valence-corrected chi connectivity index (χ0v) is 13.6. The maximum atomic E-state index is 12.4. The molecule has 0 spiro atoms. The minimum Gasteiger partial charge on any atom is -0.309 e. The Labute approximate surface area is 138 Å². The van der Waals surface area contributed by atoms with Crippen LogP contribution in [0.3, 0.4) is 0 Å². The highest BCUT2D eigenvalue weighted by atomic mass is 32.3. The summed E-state index contributed by atoms with van der Waals surface area (Å²) in [4.78, 5) is 37.6. The maximum absolute atomic E-state index is 12.4. The Balaban J connectivity index is 1.67. The second-order valence-electron chi connectivity index (χ2n) is 5.99. The molecule has 24 heavy (non-hydrogen) atoms. The van der Waals surface area contributed by atoms with Gasteiger partial charge in [0.2, 0.25) is 5.91 Å². The smallest absolute Gasteiger partial charge is 0.309 e. The van der Waals surface area contributed by atoms with E-state index in [0.717, 1.165) is 12.8 Å². The number of hydrogen-bond acceptors (Lipinski definition) is 6. The van der Waals surface area contributed by atoms with Crippen LogP contribution in [0.4, 0.5) is 4.79 Å². The molecule has 0 radical (unpaired) electrons. The van der Waals surface area contributed by atoms with Crippen LogP contribution in [0, 0.1) is 0 Å². The molecule has 3 aliphatic rings. The molecular weight excluding hydrogens is 344 g/mol. The predicted molar refractivity (Wildman–Crippen MR) is 77.1 cm³/mol. The summed E-state index contributed by atoms with van der Waals surface area (Å²) in [6, 6.07) is -2.18. The van der Waals surface area contributed by atoms with Gasteiger partial charge in [0.15, 0.2) is 0 Å². The number of hydrazine groups is 1. The van der Waals surface area contributed by atoms with Crippen LogP contribution < -0.4 is 5.43 Å². The minimum atomic E-state index is -4.82. The third-order valence-corrected chi connectivity index (χ3v) is 4.72. The number of piperidine rings is 2. The number of nitrogens with zero attached hydrogens (tertiary/aromatic N) is 3. The van der Waals surface area contributed by atoms with Gasteiger partial charge in [-0.3, -0.25) is 24.6 Å². The van der Waals surface area contributed by atoms with Crippen molar-refractivity contribution in [1.29, 1.82) is 0 Å². The van der Waals surface area contributed by atoms with Gasteiger partial charge in [0.1, 0.15) is 6.04 Å². The molecule has 0 aromatic heterocycles. The van der Waals surface area contributed by atoms with Crippen LogP contribution in [0.2, 0.25) is 0 Å². The summed E-state index contributed by atoms with van der Waals surface area (Å²) in [5.74, 6) is -0.668. The summed E-state index contributed by atoms with van der Waals surface area (Å²) < 4.78 is 34.7. The number of nitrogens with one attached hydrogen (secondary N) is 1. The molecule has 3 saturated heterocycles. The lowest BCUT2D eigenvalue weighted by Crippen LogP contribution is -2.56. The topological polar surface area (TPSA) is 137 Å². The molecule has 4 amide bonds. The SMILES string of the molecule is O=C(NN1CCCCC1=O)[C@@H]1CC[C@@H]2CN1C(=O)N2OS(=O)(=O)O. The first-order valence-corrected chi connectivity index (χ1v) is 9.00.